The van der Waals surface area contributed by atoms with Crippen LogP contribution in [0, 0.1) is 0 Å². The SMILES string of the molecule is c1cc(-c2ccc3c(c2)-c2cc4cccc(-c5ccc(-c6ccc(-c7ccc8c(c7)-c7cc9ccccc9c9cccc-8c79)cc6)cc5)c4c4cccc-3c24)cc(-c2ccc3sc4ccccc4c3c2)c1. The van der Waals surface area contributed by atoms with E-state index >= 15 is 0 Å². The first-order valence-corrected chi connectivity index (χ1v) is 25.4. The molecule has 16 rings (SSSR count). The molecule has 1 heteroatoms. The topological polar surface area (TPSA) is 0 Å². The van der Waals surface area contributed by atoms with Crippen LogP contribution in [-0.4, -0.2) is 0 Å². The first kappa shape index (κ1) is 39.0. The van der Waals surface area contributed by atoms with Crippen molar-refractivity contribution in [2.75, 3.05) is 0 Å². The molecule has 0 spiro atoms. The number of benzene rings is 13. The lowest BCUT2D eigenvalue weighted by Crippen LogP contribution is -1.87. The fourth-order valence-electron chi connectivity index (χ4n) is 12.4. The first-order chi connectivity index (χ1) is 35.2. The summed E-state index contributed by atoms with van der Waals surface area (Å²) in [6.45, 7) is 0. The van der Waals surface area contributed by atoms with Crippen molar-refractivity contribution < 1.29 is 0 Å². The summed E-state index contributed by atoms with van der Waals surface area (Å²) in [7, 11) is 0. The average Bonchev–Trinajstić information content (AvgIpc) is 4.09. The van der Waals surface area contributed by atoms with Gasteiger partial charge in [0.2, 0.25) is 0 Å². The van der Waals surface area contributed by atoms with Gasteiger partial charge in [0.15, 0.2) is 0 Å². The number of hydrogen-bond donors (Lipinski definition) is 0. The van der Waals surface area contributed by atoms with Crippen molar-refractivity contribution in [3.63, 3.8) is 0 Å². The predicted molar refractivity (Wildman–Crippen MR) is 305 cm³/mol. The predicted octanol–water partition coefficient (Wildman–Crippen LogP) is 20.3. The quantitative estimate of drug-likeness (QED) is 0.151. The van der Waals surface area contributed by atoms with E-state index in [1.165, 1.54) is 163 Å². The van der Waals surface area contributed by atoms with Crippen LogP contribution in [0.4, 0.5) is 0 Å². The zero-order valence-electron chi connectivity index (χ0n) is 38.5. The van der Waals surface area contributed by atoms with E-state index in [9.17, 15) is 0 Å². The Balaban J connectivity index is 0.712. The third-order valence-corrected chi connectivity index (χ3v) is 16.9. The van der Waals surface area contributed by atoms with Crippen molar-refractivity contribution in [2.24, 2.45) is 0 Å². The second kappa shape index (κ2) is 14.8. The van der Waals surface area contributed by atoms with Crippen molar-refractivity contribution in [1.29, 1.82) is 0 Å². The summed E-state index contributed by atoms with van der Waals surface area (Å²) < 4.78 is 2.67. The van der Waals surface area contributed by atoms with E-state index in [4.69, 9.17) is 0 Å². The molecule has 2 aliphatic rings. The van der Waals surface area contributed by atoms with Crippen molar-refractivity contribution in [1.82, 2.24) is 0 Å². The smallest absolute Gasteiger partial charge is 0.0355 e. The third kappa shape index (κ3) is 5.79. The van der Waals surface area contributed by atoms with Gasteiger partial charge < -0.3 is 0 Å². The zero-order chi connectivity index (χ0) is 46.3. The standard InChI is InChI=1S/C70H40S/c1-2-13-52-50(9-1)39-64-61-36-47(29-32-54(61)58-17-7-16-57(52)69(58)64)43-23-21-41(22-24-43)42-25-27-44(28-26-42)53-15-6-12-51-40-65-62-37-48(30-33-55(62)59-18-8-19-60(68(51)53)70(59)65)45-10-5-11-46(35-45)49-31-34-67-63(38-49)56-14-3-4-20-66(56)71-67/h1-40H. The molecule has 13 aromatic carbocycles. The molecule has 71 heavy (non-hydrogen) atoms. The molecule has 0 radical (unpaired) electrons. The van der Waals surface area contributed by atoms with Crippen LogP contribution in [0.15, 0.2) is 243 Å². The van der Waals surface area contributed by atoms with Gasteiger partial charge in [-0.1, -0.05) is 194 Å². The molecule has 2 aliphatic carbocycles. The molecule has 0 amide bonds. The largest absolute Gasteiger partial charge is 0.135 e. The Labute approximate surface area is 415 Å². The Bertz CT molecular complexity index is 4600. The van der Waals surface area contributed by atoms with Crippen LogP contribution in [0.5, 0.6) is 0 Å². The molecule has 0 saturated heterocycles. The number of hydrogen-bond acceptors (Lipinski definition) is 1. The first-order valence-electron chi connectivity index (χ1n) is 24.6. The second-order valence-electron chi connectivity index (χ2n) is 19.5. The van der Waals surface area contributed by atoms with Gasteiger partial charge in [0, 0.05) is 20.2 Å². The molecule has 0 atom stereocenters. The second-order valence-corrected chi connectivity index (χ2v) is 20.6. The lowest BCUT2D eigenvalue weighted by molar-refractivity contribution is 1.58. The molecular weight excluding hydrogens is 873 g/mol. The molecule has 0 aliphatic heterocycles. The average molecular weight is 913 g/mol. The van der Waals surface area contributed by atoms with Gasteiger partial charge in [-0.2, -0.15) is 0 Å². The van der Waals surface area contributed by atoms with Crippen LogP contribution in [0.2, 0.25) is 0 Å². The van der Waals surface area contributed by atoms with Gasteiger partial charge >= 0.3 is 0 Å². The minimum Gasteiger partial charge on any atom is -0.135 e. The molecule has 326 valence electrons. The van der Waals surface area contributed by atoms with Crippen molar-refractivity contribution in [3.05, 3.63) is 243 Å². The van der Waals surface area contributed by atoms with E-state index in [1.54, 1.807) is 0 Å². The summed E-state index contributed by atoms with van der Waals surface area (Å²) in [5, 5.41) is 13.2. The number of rotatable bonds is 5. The summed E-state index contributed by atoms with van der Waals surface area (Å²) in [5.41, 5.74) is 22.9. The molecule has 0 bridgehead atoms. The van der Waals surface area contributed by atoms with E-state index in [-0.39, 0.29) is 0 Å². The van der Waals surface area contributed by atoms with Crippen LogP contribution in [0.3, 0.4) is 0 Å². The molecule has 0 saturated carbocycles. The summed E-state index contributed by atoms with van der Waals surface area (Å²) in [6, 6.07) is 91.2. The Morgan fingerprint density at radius 2 is 0.648 bits per heavy atom. The Morgan fingerprint density at radius 3 is 1.38 bits per heavy atom. The minimum absolute atomic E-state index is 1.21. The van der Waals surface area contributed by atoms with E-state index in [1.807, 2.05) is 11.3 Å². The highest BCUT2D eigenvalue weighted by molar-refractivity contribution is 7.25. The number of fused-ring (bicyclic) bond motifs is 13. The molecule has 14 aromatic rings. The Morgan fingerprint density at radius 1 is 0.183 bits per heavy atom. The third-order valence-electron chi connectivity index (χ3n) is 15.7. The molecule has 0 fully saturated rings. The Kier molecular flexibility index (Phi) is 8.14. The van der Waals surface area contributed by atoms with E-state index < -0.39 is 0 Å². The van der Waals surface area contributed by atoms with Crippen molar-refractivity contribution in [3.8, 4) is 100 Å². The van der Waals surface area contributed by atoms with E-state index in [0.717, 1.165) is 0 Å². The lowest BCUT2D eigenvalue weighted by atomic mass is 9.90. The highest BCUT2D eigenvalue weighted by Crippen LogP contribution is 2.53. The van der Waals surface area contributed by atoms with Crippen LogP contribution < -0.4 is 0 Å². The highest BCUT2D eigenvalue weighted by Gasteiger charge is 2.26. The van der Waals surface area contributed by atoms with Crippen molar-refractivity contribution in [2.45, 2.75) is 0 Å². The summed E-state index contributed by atoms with van der Waals surface area (Å²) in [5.74, 6) is 0. The fraction of sp³-hybridized carbons (Fsp3) is 0. The van der Waals surface area contributed by atoms with E-state index in [0.29, 0.717) is 0 Å². The molecule has 1 heterocycles. The summed E-state index contributed by atoms with van der Waals surface area (Å²) >= 11 is 1.87. The molecule has 0 unspecified atom stereocenters. The minimum atomic E-state index is 1.21. The highest BCUT2D eigenvalue weighted by atomic mass is 32.1. The molecule has 0 nitrogen and oxygen atoms in total. The van der Waals surface area contributed by atoms with Gasteiger partial charge in [-0.3, -0.25) is 0 Å². The normalized spacial score (nSPS) is 12.2. The maximum Gasteiger partial charge on any atom is 0.0355 e. The summed E-state index contributed by atoms with van der Waals surface area (Å²) in [4.78, 5) is 0. The lowest BCUT2D eigenvalue weighted by Gasteiger charge is -2.13. The molecule has 1 aromatic heterocycles. The van der Waals surface area contributed by atoms with Gasteiger partial charge in [-0.15, -0.1) is 11.3 Å². The van der Waals surface area contributed by atoms with Crippen LogP contribution >= 0.6 is 11.3 Å². The Hall–Kier alpha value is -8.88. The van der Waals surface area contributed by atoms with Crippen molar-refractivity contribution >= 4 is 74.6 Å². The van der Waals surface area contributed by atoms with Gasteiger partial charge in [-0.25, -0.2) is 0 Å². The molecule has 0 N–H and O–H groups in total. The van der Waals surface area contributed by atoms with Crippen LogP contribution in [0.25, 0.3) is 163 Å². The van der Waals surface area contributed by atoms with Gasteiger partial charge in [0.1, 0.15) is 0 Å². The number of thiophene rings is 1. The van der Waals surface area contributed by atoms with Crippen LogP contribution in [-0.2, 0) is 0 Å². The van der Waals surface area contributed by atoms with Gasteiger partial charge in [0.05, 0.1) is 0 Å². The molecular formula is C70H40S. The summed E-state index contributed by atoms with van der Waals surface area (Å²) in [6.07, 6.45) is 0. The van der Waals surface area contributed by atoms with Gasteiger partial charge in [-0.05, 0) is 192 Å². The van der Waals surface area contributed by atoms with E-state index in [2.05, 4.69) is 243 Å². The van der Waals surface area contributed by atoms with Crippen LogP contribution in [0.1, 0.15) is 0 Å². The maximum absolute atomic E-state index is 2.44. The monoisotopic (exact) mass is 912 g/mol. The maximum atomic E-state index is 2.44. The van der Waals surface area contributed by atoms with Gasteiger partial charge in [0.25, 0.3) is 0 Å². The fourth-order valence-corrected chi connectivity index (χ4v) is 13.5. The zero-order valence-corrected chi connectivity index (χ0v) is 39.3.